The lowest BCUT2D eigenvalue weighted by Crippen LogP contribution is -2.21. The minimum absolute atomic E-state index is 0.0783. The Hall–Kier alpha value is -2.17. The molecule has 2 aromatic rings. The normalized spacial score (nSPS) is 10.5. The molecule has 0 aliphatic heterocycles. The van der Waals surface area contributed by atoms with Gasteiger partial charge in [-0.3, -0.25) is 14.2 Å². The molecular formula is C13H14N2O3. The Morgan fingerprint density at radius 2 is 2.17 bits per heavy atom. The van der Waals surface area contributed by atoms with Gasteiger partial charge in [-0.1, -0.05) is 12.1 Å². The van der Waals surface area contributed by atoms with Gasteiger partial charge in [0.25, 0.3) is 5.56 Å². The topological polar surface area (TPSA) is 61.2 Å². The Morgan fingerprint density at radius 3 is 2.94 bits per heavy atom. The Morgan fingerprint density at radius 1 is 1.39 bits per heavy atom. The summed E-state index contributed by atoms with van der Waals surface area (Å²) in [7, 11) is 1.35. The molecule has 0 N–H and O–H groups in total. The summed E-state index contributed by atoms with van der Waals surface area (Å²) in [5.74, 6) is -0.267. The Kier molecular flexibility index (Phi) is 3.72. The van der Waals surface area contributed by atoms with E-state index in [9.17, 15) is 9.59 Å². The highest BCUT2D eigenvalue weighted by Gasteiger charge is 2.04. The number of methoxy groups -OCH3 is 1. The maximum atomic E-state index is 12.1. The number of aromatic nitrogens is 2. The minimum atomic E-state index is -0.267. The molecule has 0 fully saturated rings. The molecule has 1 aromatic carbocycles. The minimum Gasteiger partial charge on any atom is -0.469 e. The van der Waals surface area contributed by atoms with Crippen molar-refractivity contribution >= 4 is 16.9 Å². The molecule has 0 aliphatic rings. The summed E-state index contributed by atoms with van der Waals surface area (Å²) in [6.07, 6.45) is 2.38. The van der Waals surface area contributed by atoms with Crippen molar-refractivity contribution in [3.05, 3.63) is 40.9 Å². The first-order valence-electron chi connectivity index (χ1n) is 5.73. The average Bonchev–Trinajstić information content (AvgIpc) is 2.41. The molecule has 0 atom stereocenters. The van der Waals surface area contributed by atoms with Crippen LogP contribution in [0.15, 0.2) is 35.4 Å². The molecule has 0 saturated heterocycles. The van der Waals surface area contributed by atoms with Gasteiger partial charge in [-0.2, -0.15) is 0 Å². The van der Waals surface area contributed by atoms with Crippen molar-refractivity contribution in [2.75, 3.05) is 7.11 Å². The highest BCUT2D eigenvalue weighted by molar-refractivity contribution is 5.76. The van der Waals surface area contributed by atoms with Crippen molar-refractivity contribution < 1.29 is 9.53 Å². The lowest BCUT2D eigenvalue weighted by molar-refractivity contribution is -0.140. The second kappa shape index (κ2) is 5.44. The van der Waals surface area contributed by atoms with Crippen LogP contribution in [0, 0.1) is 0 Å². The molecular weight excluding hydrogens is 232 g/mol. The zero-order valence-corrected chi connectivity index (χ0v) is 10.1. The molecule has 0 radical (unpaired) electrons. The largest absolute Gasteiger partial charge is 0.469 e. The van der Waals surface area contributed by atoms with Gasteiger partial charge in [0.2, 0.25) is 0 Å². The van der Waals surface area contributed by atoms with Gasteiger partial charge in [-0.05, 0) is 18.6 Å². The second-order valence-electron chi connectivity index (χ2n) is 3.94. The first-order chi connectivity index (χ1) is 8.72. The maximum absolute atomic E-state index is 12.1. The van der Waals surface area contributed by atoms with Crippen LogP contribution in [-0.4, -0.2) is 22.6 Å². The van der Waals surface area contributed by atoms with Crippen LogP contribution in [0.2, 0.25) is 0 Å². The average molecular weight is 246 g/mol. The van der Waals surface area contributed by atoms with Gasteiger partial charge in [0.15, 0.2) is 0 Å². The SMILES string of the molecule is COC(=O)CCCn1cnc2ccccc2c1=O. The number of ether oxygens (including phenoxy) is 1. The van der Waals surface area contributed by atoms with Gasteiger partial charge >= 0.3 is 5.97 Å². The number of para-hydroxylation sites is 1. The summed E-state index contributed by atoms with van der Waals surface area (Å²) in [6, 6.07) is 7.21. The lowest BCUT2D eigenvalue weighted by atomic mass is 10.2. The lowest BCUT2D eigenvalue weighted by Gasteiger charge is -2.05. The van der Waals surface area contributed by atoms with E-state index in [1.54, 1.807) is 12.1 Å². The van der Waals surface area contributed by atoms with E-state index in [0.29, 0.717) is 30.3 Å². The van der Waals surface area contributed by atoms with Gasteiger partial charge < -0.3 is 4.74 Å². The fourth-order valence-electron chi connectivity index (χ4n) is 1.76. The van der Waals surface area contributed by atoms with Gasteiger partial charge in [-0.25, -0.2) is 4.98 Å². The summed E-state index contributed by atoms with van der Waals surface area (Å²) in [5, 5.41) is 0.595. The third-order valence-corrected chi connectivity index (χ3v) is 2.74. The molecule has 0 unspecified atom stereocenters. The van der Waals surface area contributed by atoms with Crippen molar-refractivity contribution in [1.82, 2.24) is 9.55 Å². The van der Waals surface area contributed by atoms with Crippen LogP contribution < -0.4 is 5.56 Å². The van der Waals surface area contributed by atoms with Gasteiger partial charge in [0.1, 0.15) is 0 Å². The number of esters is 1. The summed E-state index contributed by atoms with van der Waals surface area (Å²) in [6.45, 7) is 0.464. The molecule has 1 heterocycles. The number of carbonyl (C=O) groups is 1. The van der Waals surface area contributed by atoms with E-state index in [1.165, 1.54) is 18.0 Å². The summed E-state index contributed by atoms with van der Waals surface area (Å²) in [5.41, 5.74) is 0.609. The van der Waals surface area contributed by atoms with Crippen LogP contribution in [0.1, 0.15) is 12.8 Å². The molecule has 18 heavy (non-hydrogen) atoms. The van der Waals surface area contributed by atoms with Gasteiger partial charge in [-0.15, -0.1) is 0 Å². The van der Waals surface area contributed by atoms with E-state index in [2.05, 4.69) is 9.72 Å². The Labute approximate surface area is 104 Å². The smallest absolute Gasteiger partial charge is 0.305 e. The number of nitrogens with zero attached hydrogens (tertiary/aromatic N) is 2. The molecule has 0 saturated carbocycles. The molecule has 0 amide bonds. The number of rotatable bonds is 4. The van der Waals surface area contributed by atoms with Crippen LogP contribution in [0.4, 0.5) is 0 Å². The Balaban J connectivity index is 2.17. The standard InChI is InChI=1S/C13H14N2O3/c1-18-12(16)7-4-8-15-9-14-11-6-3-2-5-10(11)13(15)17/h2-3,5-6,9H,4,7-8H2,1H3. The monoisotopic (exact) mass is 246 g/mol. The zero-order chi connectivity index (χ0) is 13.0. The van der Waals surface area contributed by atoms with E-state index in [0.717, 1.165) is 0 Å². The summed E-state index contributed by atoms with van der Waals surface area (Å²) >= 11 is 0. The number of hydrogen-bond donors (Lipinski definition) is 0. The fourth-order valence-corrected chi connectivity index (χ4v) is 1.76. The molecule has 0 spiro atoms. The van der Waals surface area contributed by atoms with Crippen molar-refractivity contribution in [1.29, 1.82) is 0 Å². The molecule has 2 rings (SSSR count). The Bertz CT molecular complexity index is 619. The maximum Gasteiger partial charge on any atom is 0.305 e. The molecule has 1 aromatic heterocycles. The van der Waals surface area contributed by atoms with Gasteiger partial charge in [0, 0.05) is 13.0 Å². The van der Waals surface area contributed by atoms with Crippen molar-refractivity contribution in [3.8, 4) is 0 Å². The molecule has 94 valence electrons. The van der Waals surface area contributed by atoms with Crippen molar-refractivity contribution in [2.45, 2.75) is 19.4 Å². The second-order valence-corrected chi connectivity index (χ2v) is 3.94. The number of carbonyl (C=O) groups excluding carboxylic acids is 1. The van der Waals surface area contributed by atoms with Crippen LogP contribution >= 0.6 is 0 Å². The third kappa shape index (κ3) is 2.56. The van der Waals surface area contributed by atoms with Gasteiger partial charge in [0.05, 0.1) is 24.3 Å². The number of hydrogen-bond acceptors (Lipinski definition) is 4. The third-order valence-electron chi connectivity index (χ3n) is 2.74. The van der Waals surface area contributed by atoms with Crippen molar-refractivity contribution in [3.63, 3.8) is 0 Å². The highest BCUT2D eigenvalue weighted by atomic mass is 16.5. The zero-order valence-electron chi connectivity index (χ0n) is 10.1. The number of aryl methyl sites for hydroxylation is 1. The fraction of sp³-hybridized carbons (Fsp3) is 0.308. The summed E-state index contributed by atoms with van der Waals surface area (Å²) < 4.78 is 6.07. The molecule has 0 aliphatic carbocycles. The quantitative estimate of drug-likeness (QED) is 0.764. The first-order valence-corrected chi connectivity index (χ1v) is 5.73. The van der Waals surface area contributed by atoms with Crippen LogP contribution in [0.3, 0.4) is 0 Å². The van der Waals surface area contributed by atoms with E-state index in [4.69, 9.17) is 0 Å². The van der Waals surface area contributed by atoms with Crippen LogP contribution in [-0.2, 0) is 16.1 Å². The predicted octanol–water partition coefficient (Wildman–Crippen LogP) is 1.35. The summed E-state index contributed by atoms with van der Waals surface area (Å²) in [4.78, 5) is 27.3. The van der Waals surface area contributed by atoms with Crippen LogP contribution in [0.25, 0.3) is 10.9 Å². The van der Waals surface area contributed by atoms with Crippen molar-refractivity contribution in [2.24, 2.45) is 0 Å². The van der Waals surface area contributed by atoms with E-state index < -0.39 is 0 Å². The number of benzene rings is 1. The van der Waals surface area contributed by atoms with E-state index in [-0.39, 0.29) is 11.5 Å². The molecule has 5 nitrogen and oxygen atoms in total. The van der Waals surface area contributed by atoms with E-state index in [1.807, 2.05) is 12.1 Å². The molecule has 5 heteroatoms. The first kappa shape index (κ1) is 12.3. The molecule has 0 bridgehead atoms. The highest BCUT2D eigenvalue weighted by Crippen LogP contribution is 2.05. The number of fused-ring (bicyclic) bond motifs is 1. The van der Waals surface area contributed by atoms with E-state index >= 15 is 0 Å². The predicted molar refractivity (Wildman–Crippen MR) is 67.3 cm³/mol. The van der Waals surface area contributed by atoms with Crippen LogP contribution in [0.5, 0.6) is 0 Å².